The van der Waals surface area contributed by atoms with Crippen molar-refractivity contribution >= 4 is 11.0 Å². The molecule has 3 heterocycles. The van der Waals surface area contributed by atoms with Gasteiger partial charge < -0.3 is 0 Å². The third-order valence-electron chi connectivity index (χ3n) is 3.90. The molecule has 3 aromatic heterocycles. The van der Waals surface area contributed by atoms with Gasteiger partial charge in [-0.15, -0.1) is 0 Å². The van der Waals surface area contributed by atoms with Gasteiger partial charge in [0.25, 0.3) is 0 Å². The van der Waals surface area contributed by atoms with Crippen molar-refractivity contribution in [3.05, 3.63) is 60.2 Å². The topological polar surface area (TPSA) is 48.5 Å². The molecular weight excluding hydrogens is 350 g/mol. The van der Waals surface area contributed by atoms with Gasteiger partial charge in [-0.3, -0.25) is 4.68 Å². The Balaban J connectivity index is 2.04. The van der Waals surface area contributed by atoms with E-state index in [-0.39, 0.29) is 28.1 Å². The number of benzene rings is 1. The van der Waals surface area contributed by atoms with Crippen molar-refractivity contribution in [2.45, 2.75) is 6.18 Å². The lowest BCUT2D eigenvalue weighted by atomic mass is 10.1. The zero-order chi connectivity index (χ0) is 18.5. The Morgan fingerprint density at radius 2 is 1.81 bits per heavy atom. The standard InChI is InChI=1S/C17H11F4N5/c1-25-7-6-13(24-25)14-8-11(17(19,20)21)10-9-22-26(16(10)23-14)15-5-3-2-4-12(15)18/h2-9H,1H3. The van der Waals surface area contributed by atoms with Crippen LogP contribution >= 0.6 is 0 Å². The van der Waals surface area contributed by atoms with Crippen LogP contribution in [0, 0.1) is 5.82 Å². The molecule has 0 saturated heterocycles. The number of halogens is 4. The summed E-state index contributed by atoms with van der Waals surface area (Å²) in [6, 6.07) is 8.16. The van der Waals surface area contributed by atoms with Crippen LogP contribution in [0.3, 0.4) is 0 Å². The van der Waals surface area contributed by atoms with Gasteiger partial charge in [0.15, 0.2) is 5.65 Å². The van der Waals surface area contributed by atoms with Crippen molar-refractivity contribution in [1.82, 2.24) is 24.5 Å². The molecule has 0 aliphatic heterocycles. The lowest BCUT2D eigenvalue weighted by Gasteiger charge is -2.10. The lowest BCUT2D eigenvalue weighted by Crippen LogP contribution is -2.08. The summed E-state index contributed by atoms with van der Waals surface area (Å²) in [5.74, 6) is -0.615. The maximum Gasteiger partial charge on any atom is 0.417 e. The van der Waals surface area contributed by atoms with Gasteiger partial charge in [-0.1, -0.05) is 12.1 Å². The van der Waals surface area contributed by atoms with E-state index in [0.717, 1.165) is 16.9 Å². The zero-order valence-corrected chi connectivity index (χ0v) is 13.4. The minimum atomic E-state index is -4.62. The van der Waals surface area contributed by atoms with Crippen LogP contribution in [0.25, 0.3) is 28.1 Å². The normalized spacial score (nSPS) is 12.0. The Labute approximate surface area is 144 Å². The predicted octanol–water partition coefficient (Wildman–Crippen LogP) is 3.98. The van der Waals surface area contributed by atoms with Crippen molar-refractivity contribution in [2.24, 2.45) is 7.05 Å². The predicted molar refractivity (Wildman–Crippen MR) is 86.0 cm³/mol. The molecule has 0 saturated carbocycles. The largest absolute Gasteiger partial charge is 0.417 e. The highest BCUT2D eigenvalue weighted by molar-refractivity contribution is 5.83. The number of hydrogen-bond acceptors (Lipinski definition) is 3. The van der Waals surface area contributed by atoms with Gasteiger partial charge in [-0.25, -0.2) is 14.1 Å². The Morgan fingerprint density at radius 3 is 2.46 bits per heavy atom. The molecule has 0 bridgehead atoms. The first-order valence-corrected chi connectivity index (χ1v) is 7.55. The highest BCUT2D eigenvalue weighted by atomic mass is 19.4. The second-order valence-electron chi connectivity index (χ2n) is 5.67. The summed E-state index contributed by atoms with van der Waals surface area (Å²) in [5.41, 5.74) is -0.665. The van der Waals surface area contributed by atoms with E-state index in [0.29, 0.717) is 0 Å². The first-order valence-electron chi connectivity index (χ1n) is 7.55. The Morgan fingerprint density at radius 1 is 1.04 bits per heavy atom. The first-order chi connectivity index (χ1) is 12.3. The monoisotopic (exact) mass is 361 g/mol. The molecule has 0 N–H and O–H groups in total. The maximum atomic E-state index is 14.1. The van der Waals surface area contributed by atoms with E-state index >= 15 is 0 Å². The molecule has 1 aromatic carbocycles. The van der Waals surface area contributed by atoms with E-state index in [4.69, 9.17) is 0 Å². The summed E-state index contributed by atoms with van der Waals surface area (Å²) in [5, 5.41) is 7.82. The van der Waals surface area contributed by atoms with Crippen molar-refractivity contribution in [2.75, 3.05) is 0 Å². The molecule has 0 spiro atoms. The molecule has 0 aliphatic carbocycles. The quantitative estimate of drug-likeness (QED) is 0.508. The minimum absolute atomic E-state index is 0.0151. The third kappa shape index (κ3) is 2.61. The molecule has 0 radical (unpaired) electrons. The molecule has 0 unspecified atom stereocenters. The van der Waals surface area contributed by atoms with Crippen LogP contribution in [-0.2, 0) is 13.2 Å². The van der Waals surface area contributed by atoms with Crippen LogP contribution in [0.5, 0.6) is 0 Å². The molecule has 0 atom stereocenters. The minimum Gasteiger partial charge on any atom is -0.275 e. The molecule has 4 aromatic rings. The summed E-state index contributed by atoms with van der Waals surface area (Å²) in [6.07, 6.45) is -1.98. The summed E-state index contributed by atoms with van der Waals surface area (Å²) in [4.78, 5) is 4.27. The van der Waals surface area contributed by atoms with Crippen LogP contribution in [0.1, 0.15) is 5.56 Å². The van der Waals surface area contributed by atoms with E-state index in [2.05, 4.69) is 15.2 Å². The number of aryl methyl sites for hydroxylation is 1. The summed E-state index contributed by atoms with van der Waals surface area (Å²) in [7, 11) is 1.65. The van der Waals surface area contributed by atoms with Crippen molar-refractivity contribution in [3.8, 4) is 17.1 Å². The number of hydrogen-bond donors (Lipinski definition) is 0. The van der Waals surface area contributed by atoms with Gasteiger partial charge in [0.2, 0.25) is 0 Å². The number of pyridine rings is 1. The Bertz CT molecular complexity index is 1110. The lowest BCUT2D eigenvalue weighted by molar-refractivity contribution is -0.136. The fraction of sp³-hybridized carbons (Fsp3) is 0.118. The number of nitrogens with zero attached hydrogens (tertiary/aromatic N) is 5. The van der Waals surface area contributed by atoms with Crippen LogP contribution in [0.15, 0.2) is 48.8 Å². The van der Waals surface area contributed by atoms with E-state index in [1.807, 2.05) is 0 Å². The fourth-order valence-electron chi connectivity index (χ4n) is 2.72. The maximum absolute atomic E-state index is 14.1. The molecule has 26 heavy (non-hydrogen) atoms. The van der Waals surface area contributed by atoms with Crippen molar-refractivity contribution < 1.29 is 17.6 Å². The number of aromatic nitrogens is 5. The highest BCUT2D eigenvalue weighted by Crippen LogP contribution is 2.37. The van der Waals surface area contributed by atoms with Crippen molar-refractivity contribution in [1.29, 1.82) is 0 Å². The molecule has 0 aliphatic rings. The second kappa shape index (κ2) is 5.65. The average Bonchev–Trinajstić information content (AvgIpc) is 3.20. The number of para-hydroxylation sites is 1. The molecule has 132 valence electrons. The zero-order valence-electron chi connectivity index (χ0n) is 13.4. The molecule has 5 nitrogen and oxygen atoms in total. The SMILES string of the molecule is Cn1ccc(-c2cc(C(F)(F)F)c3cnn(-c4ccccc4F)c3n2)n1. The van der Waals surface area contributed by atoms with Gasteiger partial charge in [0.05, 0.1) is 22.8 Å². The summed E-state index contributed by atoms with van der Waals surface area (Å²) >= 11 is 0. The van der Waals surface area contributed by atoms with E-state index in [1.54, 1.807) is 25.4 Å². The molecule has 0 amide bonds. The number of fused-ring (bicyclic) bond motifs is 1. The van der Waals surface area contributed by atoms with Crippen LogP contribution in [-0.4, -0.2) is 24.5 Å². The van der Waals surface area contributed by atoms with Gasteiger partial charge >= 0.3 is 6.18 Å². The van der Waals surface area contributed by atoms with Gasteiger partial charge in [-0.2, -0.15) is 23.4 Å². The molecule has 9 heteroatoms. The van der Waals surface area contributed by atoms with E-state index < -0.39 is 17.6 Å². The fourth-order valence-corrected chi connectivity index (χ4v) is 2.72. The Hall–Kier alpha value is -3.23. The number of rotatable bonds is 2. The average molecular weight is 361 g/mol. The van der Waals surface area contributed by atoms with Crippen LogP contribution in [0.4, 0.5) is 17.6 Å². The summed E-state index contributed by atoms with van der Waals surface area (Å²) in [6.45, 7) is 0. The van der Waals surface area contributed by atoms with Crippen molar-refractivity contribution in [3.63, 3.8) is 0 Å². The smallest absolute Gasteiger partial charge is 0.275 e. The van der Waals surface area contributed by atoms with E-state index in [9.17, 15) is 17.6 Å². The Kier molecular flexibility index (Phi) is 3.53. The van der Waals surface area contributed by atoms with Gasteiger partial charge in [0.1, 0.15) is 17.2 Å². The summed E-state index contributed by atoms with van der Waals surface area (Å²) < 4.78 is 57.3. The highest BCUT2D eigenvalue weighted by Gasteiger charge is 2.35. The molecular formula is C17H11F4N5. The van der Waals surface area contributed by atoms with Crippen LogP contribution < -0.4 is 0 Å². The van der Waals surface area contributed by atoms with Crippen LogP contribution in [0.2, 0.25) is 0 Å². The van der Waals surface area contributed by atoms with Gasteiger partial charge in [-0.05, 0) is 24.3 Å². The third-order valence-corrected chi connectivity index (χ3v) is 3.90. The van der Waals surface area contributed by atoms with E-state index in [1.165, 1.54) is 22.9 Å². The first kappa shape index (κ1) is 16.2. The second-order valence-corrected chi connectivity index (χ2v) is 5.67. The molecule has 4 rings (SSSR count). The van der Waals surface area contributed by atoms with Gasteiger partial charge in [0, 0.05) is 13.2 Å². The molecule has 0 fully saturated rings. The number of alkyl halides is 3.